The Bertz CT molecular complexity index is 1980. The number of hydrogen-bond donors (Lipinski definition) is 4. The molecule has 0 bridgehead atoms. The maximum absolute atomic E-state index is 13.2. The summed E-state index contributed by atoms with van der Waals surface area (Å²) in [6.07, 6.45) is -1.29. The standard InChI is InChI=1S/C39H44N10O6/c1-48(2)32-20-16-30(17-21-32)46-44-28-12-8-26(9-13-28)36(51)41-24-25-42-38(53)34(6-5-7-35(50)55-39(40)54)43-37(52)27-10-14-29(15-11-27)45-47-31-18-22-33(23-19-31)49(3)4/h8-23,34H,5-7,24-25H2,1-4H3,(H2,40,54)(H,41,51)(H,42,53)(H,43,52)/b46-44+,47-45+. The van der Waals surface area contributed by atoms with Gasteiger partial charge in [0.25, 0.3) is 11.8 Å². The van der Waals surface area contributed by atoms with Crippen molar-refractivity contribution in [3.8, 4) is 0 Å². The average Bonchev–Trinajstić information content (AvgIpc) is 3.17. The van der Waals surface area contributed by atoms with Crippen molar-refractivity contribution >= 4 is 63.9 Å². The molecule has 286 valence electrons. The van der Waals surface area contributed by atoms with Gasteiger partial charge in [0.2, 0.25) is 5.91 Å². The Kier molecular flexibility index (Phi) is 15.1. The quantitative estimate of drug-likeness (QED) is 0.0429. The Morgan fingerprint density at radius 3 is 1.42 bits per heavy atom. The molecule has 0 aliphatic rings. The van der Waals surface area contributed by atoms with Crippen molar-refractivity contribution in [2.75, 3.05) is 51.1 Å². The molecule has 4 aromatic rings. The van der Waals surface area contributed by atoms with Crippen LogP contribution in [0.2, 0.25) is 0 Å². The number of anilines is 2. The van der Waals surface area contributed by atoms with Gasteiger partial charge in [-0.1, -0.05) is 0 Å². The largest absolute Gasteiger partial charge is 0.412 e. The number of azo groups is 2. The predicted molar refractivity (Wildman–Crippen MR) is 209 cm³/mol. The van der Waals surface area contributed by atoms with E-state index in [4.69, 9.17) is 5.73 Å². The molecular formula is C39H44N10O6. The van der Waals surface area contributed by atoms with Crippen LogP contribution in [0.5, 0.6) is 0 Å². The third kappa shape index (κ3) is 13.5. The van der Waals surface area contributed by atoms with E-state index in [9.17, 15) is 24.0 Å². The van der Waals surface area contributed by atoms with Gasteiger partial charge in [-0.3, -0.25) is 19.2 Å². The molecule has 1 atom stereocenters. The van der Waals surface area contributed by atoms with E-state index < -0.39 is 29.9 Å². The number of nitrogens with one attached hydrogen (secondary N) is 3. The topological polar surface area (TPSA) is 213 Å². The number of carbonyl (C=O) groups is 5. The molecule has 4 amide bonds. The predicted octanol–water partition coefficient (Wildman–Crippen LogP) is 6.09. The van der Waals surface area contributed by atoms with Crippen molar-refractivity contribution in [2.24, 2.45) is 26.2 Å². The van der Waals surface area contributed by atoms with Crippen molar-refractivity contribution in [3.05, 3.63) is 108 Å². The zero-order valence-electron chi connectivity index (χ0n) is 31.1. The lowest BCUT2D eigenvalue weighted by atomic mass is 10.1. The molecule has 0 heterocycles. The van der Waals surface area contributed by atoms with Gasteiger partial charge in [-0.05, 0) is 110 Å². The SMILES string of the molecule is CN(C)c1ccc(/N=N/c2ccc(C(=O)NCCNC(=O)C(CCCC(=O)OC(N)=O)NC(=O)c3ccc(/N=N/c4ccc(N(C)C)cc4)cc3)cc2)cc1. The van der Waals surface area contributed by atoms with Gasteiger partial charge in [-0.2, -0.15) is 20.5 Å². The summed E-state index contributed by atoms with van der Waals surface area (Å²) in [5.41, 5.74) is 10.1. The van der Waals surface area contributed by atoms with E-state index in [1.807, 2.05) is 86.5 Å². The first kappa shape index (κ1) is 40.8. The fourth-order valence-corrected chi connectivity index (χ4v) is 4.94. The monoisotopic (exact) mass is 748 g/mol. The van der Waals surface area contributed by atoms with Gasteiger partial charge < -0.3 is 36.2 Å². The number of carbonyl (C=O) groups excluding carboxylic acids is 5. The molecule has 16 nitrogen and oxygen atoms in total. The molecule has 0 spiro atoms. The van der Waals surface area contributed by atoms with Crippen LogP contribution in [0.4, 0.5) is 38.9 Å². The lowest BCUT2D eigenvalue weighted by molar-refractivity contribution is -0.137. The number of rotatable bonds is 17. The number of hydrogen-bond acceptors (Lipinski definition) is 12. The summed E-state index contributed by atoms with van der Waals surface area (Å²) in [5, 5.41) is 25.0. The summed E-state index contributed by atoms with van der Waals surface area (Å²) >= 11 is 0. The highest BCUT2D eigenvalue weighted by Gasteiger charge is 2.22. The Labute approximate surface area is 318 Å². The molecule has 0 aromatic heterocycles. The molecule has 0 fully saturated rings. The van der Waals surface area contributed by atoms with Crippen LogP contribution in [-0.2, 0) is 14.3 Å². The Balaban J connectivity index is 1.29. The molecule has 0 saturated heterocycles. The molecule has 4 rings (SSSR count). The van der Waals surface area contributed by atoms with Crippen molar-refractivity contribution in [2.45, 2.75) is 25.3 Å². The van der Waals surface area contributed by atoms with E-state index >= 15 is 0 Å². The lowest BCUT2D eigenvalue weighted by Gasteiger charge is -2.18. The molecule has 55 heavy (non-hydrogen) atoms. The minimum absolute atomic E-state index is 0.0434. The first-order chi connectivity index (χ1) is 26.4. The second-order valence-electron chi connectivity index (χ2n) is 12.6. The third-order valence-corrected chi connectivity index (χ3v) is 7.97. The average molecular weight is 749 g/mol. The molecule has 4 aromatic carbocycles. The molecule has 0 aliphatic carbocycles. The number of nitrogens with two attached hydrogens (primary N) is 1. The summed E-state index contributed by atoms with van der Waals surface area (Å²) in [5.74, 6) is -2.30. The van der Waals surface area contributed by atoms with Gasteiger partial charge in [-0.15, -0.1) is 0 Å². The highest BCUT2D eigenvalue weighted by Crippen LogP contribution is 2.23. The van der Waals surface area contributed by atoms with Gasteiger partial charge in [0.15, 0.2) is 0 Å². The van der Waals surface area contributed by atoms with Crippen molar-refractivity contribution in [1.29, 1.82) is 0 Å². The van der Waals surface area contributed by atoms with Gasteiger partial charge in [0.05, 0.1) is 22.7 Å². The summed E-state index contributed by atoms with van der Waals surface area (Å²) in [6, 6.07) is 27.0. The van der Waals surface area contributed by atoms with Gasteiger partial charge >= 0.3 is 12.1 Å². The van der Waals surface area contributed by atoms with Crippen LogP contribution in [-0.4, -0.2) is 77.1 Å². The molecule has 0 saturated carbocycles. The minimum atomic E-state index is -1.23. The van der Waals surface area contributed by atoms with Crippen molar-refractivity contribution in [1.82, 2.24) is 16.0 Å². The highest BCUT2D eigenvalue weighted by molar-refractivity contribution is 5.98. The van der Waals surface area contributed by atoms with Crippen LogP contribution in [0.1, 0.15) is 40.0 Å². The second kappa shape index (κ2) is 20.3. The maximum Gasteiger partial charge on any atom is 0.412 e. The fourth-order valence-electron chi connectivity index (χ4n) is 4.94. The van der Waals surface area contributed by atoms with E-state index in [0.29, 0.717) is 28.3 Å². The highest BCUT2D eigenvalue weighted by atomic mass is 16.6. The van der Waals surface area contributed by atoms with E-state index in [1.165, 1.54) is 0 Å². The van der Waals surface area contributed by atoms with E-state index in [0.717, 1.165) is 11.4 Å². The van der Waals surface area contributed by atoms with Crippen LogP contribution in [0.25, 0.3) is 0 Å². The molecule has 5 N–H and O–H groups in total. The van der Waals surface area contributed by atoms with Crippen LogP contribution in [0, 0.1) is 0 Å². The zero-order valence-corrected chi connectivity index (χ0v) is 31.1. The van der Waals surface area contributed by atoms with Crippen LogP contribution < -0.4 is 31.5 Å². The number of primary amides is 1. The fraction of sp³-hybridized carbons (Fsp3) is 0.256. The van der Waals surface area contributed by atoms with Crippen molar-refractivity contribution in [3.63, 3.8) is 0 Å². The zero-order chi connectivity index (χ0) is 39.7. The van der Waals surface area contributed by atoms with Crippen LogP contribution in [0.15, 0.2) is 118 Å². The second-order valence-corrected chi connectivity index (χ2v) is 12.6. The molecule has 1 unspecified atom stereocenters. The number of amides is 4. The maximum atomic E-state index is 13.2. The Morgan fingerprint density at radius 1 is 0.600 bits per heavy atom. The first-order valence-corrected chi connectivity index (χ1v) is 17.3. The van der Waals surface area contributed by atoms with E-state index in [-0.39, 0.29) is 43.8 Å². The Morgan fingerprint density at radius 2 is 1.00 bits per heavy atom. The van der Waals surface area contributed by atoms with Crippen LogP contribution >= 0.6 is 0 Å². The summed E-state index contributed by atoms with van der Waals surface area (Å²) in [4.78, 5) is 65.7. The summed E-state index contributed by atoms with van der Waals surface area (Å²) in [6.45, 7) is 0.146. The third-order valence-electron chi connectivity index (χ3n) is 7.97. The first-order valence-electron chi connectivity index (χ1n) is 17.3. The molecule has 0 aliphatic heterocycles. The molecule has 16 heteroatoms. The number of nitrogens with zero attached hydrogens (tertiary/aromatic N) is 6. The van der Waals surface area contributed by atoms with Gasteiger partial charge in [-0.25, -0.2) is 4.79 Å². The number of ether oxygens (including phenoxy) is 1. The normalized spacial score (nSPS) is 11.5. The molecule has 0 radical (unpaired) electrons. The number of esters is 1. The van der Waals surface area contributed by atoms with Gasteiger partial charge in [0, 0.05) is 70.2 Å². The Hall–Kier alpha value is -6.97. The smallest absolute Gasteiger partial charge is 0.378 e. The summed E-state index contributed by atoms with van der Waals surface area (Å²) < 4.78 is 4.34. The van der Waals surface area contributed by atoms with E-state index in [2.05, 4.69) is 41.1 Å². The van der Waals surface area contributed by atoms with Gasteiger partial charge in [0.1, 0.15) is 6.04 Å². The number of benzene rings is 4. The lowest BCUT2D eigenvalue weighted by Crippen LogP contribution is -2.48. The van der Waals surface area contributed by atoms with Crippen LogP contribution in [0.3, 0.4) is 0 Å². The van der Waals surface area contributed by atoms with Crippen molar-refractivity contribution < 1.29 is 28.7 Å². The molecular weight excluding hydrogens is 704 g/mol. The minimum Gasteiger partial charge on any atom is -0.378 e. The summed E-state index contributed by atoms with van der Waals surface area (Å²) in [7, 11) is 7.79. The van der Waals surface area contributed by atoms with E-state index in [1.54, 1.807) is 48.5 Å².